The lowest BCUT2D eigenvalue weighted by atomic mass is 10.2. The van der Waals surface area contributed by atoms with Gasteiger partial charge >= 0.3 is 0 Å². The molecule has 1 N–H and O–H groups in total. The number of aliphatic imine (C=N–C) groups is 1. The first-order valence-electron chi connectivity index (χ1n) is 9.05. The minimum absolute atomic E-state index is 0. The molecule has 0 fully saturated rings. The lowest BCUT2D eigenvalue weighted by Gasteiger charge is -2.25. The number of guanidine groups is 1. The first-order valence-corrected chi connectivity index (χ1v) is 9.05. The molecule has 1 rings (SSSR count). The summed E-state index contributed by atoms with van der Waals surface area (Å²) in [6.07, 6.45) is 0. The highest BCUT2D eigenvalue weighted by Crippen LogP contribution is 2.18. The molecule has 0 radical (unpaired) electrons. The molecule has 0 saturated heterocycles. The first kappa shape index (κ1) is 24.5. The highest BCUT2D eigenvalue weighted by Gasteiger charge is 2.15. The van der Waals surface area contributed by atoms with Gasteiger partial charge in [0.1, 0.15) is 5.75 Å². The van der Waals surface area contributed by atoms with Crippen LogP contribution in [0.4, 0.5) is 0 Å². The molecule has 1 aromatic carbocycles. The van der Waals surface area contributed by atoms with Crippen molar-refractivity contribution in [2.75, 3.05) is 39.8 Å². The van der Waals surface area contributed by atoms with Crippen molar-refractivity contribution in [3.05, 3.63) is 29.8 Å². The number of ether oxygens (including phenoxy) is 1. The van der Waals surface area contributed by atoms with E-state index in [4.69, 9.17) is 4.74 Å². The van der Waals surface area contributed by atoms with Crippen LogP contribution >= 0.6 is 24.0 Å². The fourth-order valence-electron chi connectivity index (χ4n) is 2.51. The Morgan fingerprint density at radius 2 is 1.81 bits per heavy atom. The largest absolute Gasteiger partial charge is 0.494 e. The van der Waals surface area contributed by atoms with Crippen molar-refractivity contribution in [2.45, 2.75) is 34.2 Å². The molecule has 0 saturated carbocycles. The van der Waals surface area contributed by atoms with Gasteiger partial charge in [-0.1, -0.05) is 18.2 Å². The molecule has 26 heavy (non-hydrogen) atoms. The van der Waals surface area contributed by atoms with E-state index in [9.17, 15) is 4.79 Å². The number of hydrogen-bond donors (Lipinski definition) is 1. The third kappa shape index (κ3) is 7.80. The Morgan fingerprint density at radius 1 is 1.15 bits per heavy atom. The summed E-state index contributed by atoms with van der Waals surface area (Å²) in [5.74, 6) is 1.67. The van der Waals surface area contributed by atoms with Crippen LogP contribution in [0.15, 0.2) is 29.3 Å². The number of halogens is 1. The van der Waals surface area contributed by atoms with Gasteiger partial charge in [-0.15, -0.1) is 24.0 Å². The lowest BCUT2D eigenvalue weighted by molar-refractivity contribution is -0.131. The van der Waals surface area contributed by atoms with E-state index in [-0.39, 0.29) is 29.9 Å². The maximum absolute atomic E-state index is 12.3. The monoisotopic (exact) mass is 476 g/mol. The summed E-state index contributed by atoms with van der Waals surface area (Å²) in [6.45, 7) is 11.6. The number of nitrogens with one attached hydrogen (secondary N) is 1. The molecular formula is C19H33IN4O2. The minimum atomic E-state index is 0. The molecule has 0 spiro atoms. The standard InChI is InChI=1S/C19H32N4O2.HI/c1-6-20-19(22(5)15-18(24)23(7-2)8-3)21-14-16-12-10-11-13-17(16)25-9-4;/h10-13H,6-9,14-15H2,1-5H3,(H,20,21);1H. The van der Waals surface area contributed by atoms with E-state index in [1.165, 1.54) is 0 Å². The van der Waals surface area contributed by atoms with Crippen LogP contribution in [0.3, 0.4) is 0 Å². The average Bonchev–Trinajstić information content (AvgIpc) is 2.61. The van der Waals surface area contributed by atoms with Gasteiger partial charge in [-0.05, 0) is 33.8 Å². The molecule has 0 aliphatic heterocycles. The van der Waals surface area contributed by atoms with Gasteiger partial charge in [0, 0.05) is 32.2 Å². The smallest absolute Gasteiger partial charge is 0.242 e. The number of amides is 1. The van der Waals surface area contributed by atoms with Crippen LogP contribution in [0.2, 0.25) is 0 Å². The van der Waals surface area contributed by atoms with Crippen LogP contribution in [0.25, 0.3) is 0 Å². The number of rotatable bonds is 9. The molecule has 148 valence electrons. The van der Waals surface area contributed by atoms with Crippen molar-refractivity contribution in [1.29, 1.82) is 0 Å². The maximum atomic E-state index is 12.3. The van der Waals surface area contributed by atoms with Gasteiger partial charge in [0.25, 0.3) is 0 Å². The van der Waals surface area contributed by atoms with Gasteiger partial charge in [0.2, 0.25) is 5.91 Å². The second-order valence-corrected chi connectivity index (χ2v) is 5.63. The fourth-order valence-corrected chi connectivity index (χ4v) is 2.51. The zero-order valence-electron chi connectivity index (χ0n) is 16.6. The molecule has 0 aromatic heterocycles. The van der Waals surface area contributed by atoms with Crippen molar-refractivity contribution in [3.63, 3.8) is 0 Å². The number of likely N-dealkylation sites (N-methyl/N-ethyl adjacent to an activating group) is 2. The summed E-state index contributed by atoms with van der Waals surface area (Å²) >= 11 is 0. The summed E-state index contributed by atoms with van der Waals surface area (Å²) in [4.78, 5) is 20.7. The number of carbonyl (C=O) groups is 1. The SMILES string of the molecule is CCNC(=NCc1ccccc1OCC)N(C)CC(=O)N(CC)CC.I. The highest BCUT2D eigenvalue weighted by molar-refractivity contribution is 14.0. The van der Waals surface area contributed by atoms with E-state index in [1.807, 2.05) is 68.8 Å². The maximum Gasteiger partial charge on any atom is 0.242 e. The third-order valence-corrected chi connectivity index (χ3v) is 3.86. The Balaban J connectivity index is 0.00000625. The van der Waals surface area contributed by atoms with Crippen molar-refractivity contribution in [1.82, 2.24) is 15.1 Å². The third-order valence-electron chi connectivity index (χ3n) is 3.86. The van der Waals surface area contributed by atoms with E-state index in [0.717, 1.165) is 30.9 Å². The fraction of sp³-hybridized carbons (Fsp3) is 0.579. The molecule has 0 bridgehead atoms. The summed E-state index contributed by atoms with van der Waals surface area (Å²) in [5.41, 5.74) is 1.03. The predicted octanol–water partition coefficient (Wildman–Crippen LogP) is 2.97. The van der Waals surface area contributed by atoms with Crippen LogP contribution in [0.1, 0.15) is 33.3 Å². The van der Waals surface area contributed by atoms with Gasteiger partial charge in [-0.2, -0.15) is 0 Å². The summed E-state index contributed by atoms with van der Waals surface area (Å²) in [6, 6.07) is 7.90. The molecule has 1 amide bonds. The second kappa shape index (κ2) is 13.7. The van der Waals surface area contributed by atoms with Gasteiger partial charge < -0.3 is 19.9 Å². The molecule has 0 heterocycles. The molecule has 0 atom stereocenters. The van der Waals surface area contributed by atoms with E-state index < -0.39 is 0 Å². The topological polar surface area (TPSA) is 57.2 Å². The van der Waals surface area contributed by atoms with Crippen LogP contribution in [0.5, 0.6) is 5.75 Å². The highest BCUT2D eigenvalue weighted by atomic mass is 127. The Hall–Kier alpha value is -1.51. The van der Waals surface area contributed by atoms with Crippen LogP contribution < -0.4 is 10.1 Å². The van der Waals surface area contributed by atoms with E-state index in [0.29, 0.717) is 25.7 Å². The summed E-state index contributed by atoms with van der Waals surface area (Å²) in [5, 5.41) is 3.25. The van der Waals surface area contributed by atoms with Gasteiger partial charge in [0.05, 0.1) is 19.7 Å². The number of carbonyl (C=O) groups excluding carboxylic acids is 1. The molecular weight excluding hydrogens is 443 g/mol. The second-order valence-electron chi connectivity index (χ2n) is 5.63. The van der Waals surface area contributed by atoms with Gasteiger partial charge in [-0.3, -0.25) is 4.79 Å². The van der Waals surface area contributed by atoms with Crippen molar-refractivity contribution >= 4 is 35.8 Å². The quantitative estimate of drug-likeness (QED) is 0.338. The zero-order valence-corrected chi connectivity index (χ0v) is 18.9. The molecule has 7 heteroatoms. The number of nitrogens with zero attached hydrogens (tertiary/aromatic N) is 3. The Labute approximate surface area is 175 Å². The Bertz CT molecular complexity index is 562. The first-order chi connectivity index (χ1) is 12.1. The molecule has 0 aliphatic carbocycles. The Kier molecular flexibility index (Phi) is 12.9. The summed E-state index contributed by atoms with van der Waals surface area (Å²) < 4.78 is 5.65. The van der Waals surface area contributed by atoms with Crippen molar-refractivity contribution < 1.29 is 9.53 Å². The van der Waals surface area contributed by atoms with Gasteiger partial charge in [-0.25, -0.2) is 4.99 Å². The van der Waals surface area contributed by atoms with Crippen LogP contribution in [-0.4, -0.2) is 61.5 Å². The predicted molar refractivity (Wildman–Crippen MR) is 118 cm³/mol. The zero-order chi connectivity index (χ0) is 18.7. The number of benzene rings is 1. The molecule has 0 aliphatic rings. The van der Waals surface area contributed by atoms with E-state index >= 15 is 0 Å². The lowest BCUT2D eigenvalue weighted by Crippen LogP contribution is -2.45. The van der Waals surface area contributed by atoms with Crippen LogP contribution in [-0.2, 0) is 11.3 Å². The van der Waals surface area contributed by atoms with Crippen molar-refractivity contribution in [3.8, 4) is 5.75 Å². The normalized spacial score (nSPS) is 10.7. The molecule has 0 unspecified atom stereocenters. The molecule has 1 aromatic rings. The van der Waals surface area contributed by atoms with E-state index in [2.05, 4.69) is 10.3 Å². The Morgan fingerprint density at radius 3 is 2.38 bits per heavy atom. The number of para-hydroxylation sites is 1. The number of hydrogen-bond acceptors (Lipinski definition) is 3. The minimum Gasteiger partial charge on any atom is -0.494 e. The van der Waals surface area contributed by atoms with Crippen molar-refractivity contribution in [2.24, 2.45) is 4.99 Å². The summed E-state index contributed by atoms with van der Waals surface area (Å²) in [7, 11) is 1.89. The average molecular weight is 476 g/mol. The van der Waals surface area contributed by atoms with E-state index in [1.54, 1.807) is 0 Å². The molecule has 6 nitrogen and oxygen atoms in total. The van der Waals surface area contributed by atoms with Crippen LogP contribution in [0, 0.1) is 0 Å². The van der Waals surface area contributed by atoms with Gasteiger partial charge in [0.15, 0.2) is 5.96 Å².